The van der Waals surface area contributed by atoms with Crippen LogP contribution in [0, 0.1) is 11.8 Å². The Morgan fingerprint density at radius 3 is 2.43 bits per heavy atom. The molecule has 0 aliphatic rings. The van der Waals surface area contributed by atoms with Crippen molar-refractivity contribution < 1.29 is 0 Å². The van der Waals surface area contributed by atoms with Gasteiger partial charge in [-0.25, -0.2) is 0 Å². The predicted octanol–water partition coefficient (Wildman–Crippen LogP) is 2.43. The fourth-order valence-electron chi connectivity index (χ4n) is 1.24. The van der Waals surface area contributed by atoms with Gasteiger partial charge in [0.2, 0.25) is 0 Å². The SMILES string of the molecule is CCNC(C)(C)C#Cc1ccccc1. The number of hydrogen-bond donors (Lipinski definition) is 1. The maximum atomic E-state index is 3.32. The fourth-order valence-corrected chi connectivity index (χ4v) is 1.24. The number of rotatable bonds is 2. The predicted molar refractivity (Wildman–Crippen MR) is 61.1 cm³/mol. The van der Waals surface area contributed by atoms with Crippen molar-refractivity contribution in [2.45, 2.75) is 26.3 Å². The second kappa shape index (κ2) is 4.83. The zero-order chi connectivity index (χ0) is 10.4. The smallest absolute Gasteiger partial charge is 0.0747 e. The monoisotopic (exact) mass is 187 g/mol. The average molecular weight is 187 g/mol. The van der Waals surface area contributed by atoms with E-state index in [1.165, 1.54) is 0 Å². The molecule has 0 heterocycles. The first-order chi connectivity index (χ1) is 6.64. The van der Waals surface area contributed by atoms with Crippen molar-refractivity contribution in [3.05, 3.63) is 35.9 Å². The molecule has 1 rings (SSSR count). The Labute approximate surface area is 86.5 Å². The summed E-state index contributed by atoms with van der Waals surface area (Å²) in [6, 6.07) is 10.1. The van der Waals surface area contributed by atoms with Crippen LogP contribution in [-0.2, 0) is 0 Å². The quantitative estimate of drug-likeness (QED) is 0.701. The molecule has 0 fully saturated rings. The molecule has 0 radical (unpaired) electrons. The van der Waals surface area contributed by atoms with E-state index in [4.69, 9.17) is 0 Å². The van der Waals surface area contributed by atoms with Crippen LogP contribution in [0.2, 0.25) is 0 Å². The molecule has 1 aromatic rings. The Morgan fingerprint density at radius 2 is 1.86 bits per heavy atom. The van der Waals surface area contributed by atoms with Gasteiger partial charge in [-0.1, -0.05) is 37.0 Å². The van der Waals surface area contributed by atoms with E-state index < -0.39 is 0 Å². The summed E-state index contributed by atoms with van der Waals surface area (Å²) in [4.78, 5) is 0. The molecule has 0 aromatic heterocycles. The van der Waals surface area contributed by atoms with Gasteiger partial charge >= 0.3 is 0 Å². The molecule has 1 aromatic carbocycles. The van der Waals surface area contributed by atoms with E-state index in [2.05, 4.69) is 37.9 Å². The third-order valence-corrected chi connectivity index (χ3v) is 1.91. The van der Waals surface area contributed by atoms with Crippen LogP contribution in [0.4, 0.5) is 0 Å². The Kier molecular flexibility index (Phi) is 3.73. The first-order valence-corrected chi connectivity index (χ1v) is 4.97. The van der Waals surface area contributed by atoms with E-state index in [1.807, 2.05) is 30.3 Å². The molecular formula is C13H17N. The van der Waals surface area contributed by atoms with Crippen LogP contribution in [0.25, 0.3) is 0 Å². The van der Waals surface area contributed by atoms with E-state index in [1.54, 1.807) is 0 Å². The Hall–Kier alpha value is -1.26. The minimum absolute atomic E-state index is 0.107. The van der Waals surface area contributed by atoms with Gasteiger partial charge in [0.05, 0.1) is 5.54 Å². The summed E-state index contributed by atoms with van der Waals surface area (Å²) in [6.45, 7) is 7.21. The van der Waals surface area contributed by atoms with Crippen molar-refractivity contribution in [2.75, 3.05) is 6.54 Å². The lowest BCUT2D eigenvalue weighted by Gasteiger charge is -2.17. The van der Waals surface area contributed by atoms with Gasteiger partial charge in [-0.2, -0.15) is 0 Å². The largest absolute Gasteiger partial charge is 0.302 e. The molecule has 0 aliphatic heterocycles. The lowest BCUT2D eigenvalue weighted by atomic mass is 10.1. The van der Waals surface area contributed by atoms with Crippen molar-refractivity contribution in [3.63, 3.8) is 0 Å². The van der Waals surface area contributed by atoms with Gasteiger partial charge in [0.25, 0.3) is 0 Å². The summed E-state index contributed by atoms with van der Waals surface area (Å²) < 4.78 is 0. The highest BCUT2D eigenvalue weighted by Crippen LogP contribution is 2.01. The van der Waals surface area contributed by atoms with Gasteiger partial charge in [0.1, 0.15) is 0 Å². The standard InChI is InChI=1S/C13H17N/c1-4-14-13(2,3)11-10-12-8-6-5-7-9-12/h5-9,14H,4H2,1-3H3. The maximum absolute atomic E-state index is 3.32. The highest BCUT2D eigenvalue weighted by Gasteiger charge is 2.10. The van der Waals surface area contributed by atoms with Crippen LogP contribution in [0.15, 0.2) is 30.3 Å². The molecule has 0 amide bonds. The topological polar surface area (TPSA) is 12.0 Å². The van der Waals surface area contributed by atoms with E-state index in [0.717, 1.165) is 12.1 Å². The van der Waals surface area contributed by atoms with Crippen LogP contribution in [0.1, 0.15) is 26.3 Å². The molecule has 14 heavy (non-hydrogen) atoms. The minimum Gasteiger partial charge on any atom is -0.302 e. The van der Waals surface area contributed by atoms with Gasteiger partial charge in [-0.05, 0) is 32.5 Å². The summed E-state index contributed by atoms with van der Waals surface area (Å²) in [5, 5.41) is 3.32. The first kappa shape index (κ1) is 10.8. The molecule has 1 heteroatoms. The molecule has 1 N–H and O–H groups in total. The molecule has 0 saturated heterocycles. The van der Waals surface area contributed by atoms with Gasteiger partial charge in [-0.15, -0.1) is 0 Å². The Morgan fingerprint density at radius 1 is 1.21 bits per heavy atom. The highest BCUT2D eigenvalue weighted by molar-refractivity contribution is 5.36. The van der Waals surface area contributed by atoms with Gasteiger partial charge in [-0.3, -0.25) is 0 Å². The summed E-state index contributed by atoms with van der Waals surface area (Å²) >= 11 is 0. The summed E-state index contributed by atoms with van der Waals surface area (Å²) in [5.74, 6) is 6.37. The maximum Gasteiger partial charge on any atom is 0.0747 e. The van der Waals surface area contributed by atoms with Crippen molar-refractivity contribution in [1.82, 2.24) is 5.32 Å². The Balaban J connectivity index is 2.73. The fraction of sp³-hybridized carbons (Fsp3) is 0.385. The summed E-state index contributed by atoms with van der Waals surface area (Å²) in [5.41, 5.74) is 0.961. The molecule has 0 bridgehead atoms. The van der Waals surface area contributed by atoms with Gasteiger partial charge in [0, 0.05) is 5.56 Å². The Bertz CT molecular complexity index is 327. The van der Waals surface area contributed by atoms with Crippen molar-refractivity contribution in [1.29, 1.82) is 0 Å². The van der Waals surface area contributed by atoms with E-state index in [9.17, 15) is 0 Å². The van der Waals surface area contributed by atoms with E-state index >= 15 is 0 Å². The van der Waals surface area contributed by atoms with Crippen molar-refractivity contribution >= 4 is 0 Å². The molecule has 1 nitrogen and oxygen atoms in total. The average Bonchev–Trinajstić information content (AvgIpc) is 2.17. The lowest BCUT2D eigenvalue weighted by Crippen LogP contribution is -2.37. The second-order valence-corrected chi connectivity index (χ2v) is 3.77. The molecule has 0 aliphatic carbocycles. The van der Waals surface area contributed by atoms with Crippen LogP contribution < -0.4 is 5.32 Å². The third kappa shape index (κ3) is 3.64. The molecule has 74 valence electrons. The number of hydrogen-bond acceptors (Lipinski definition) is 1. The zero-order valence-electron chi connectivity index (χ0n) is 9.09. The zero-order valence-corrected chi connectivity index (χ0v) is 9.09. The third-order valence-electron chi connectivity index (χ3n) is 1.91. The first-order valence-electron chi connectivity index (χ1n) is 4.97. The molecule has 0 atom stereocenters. The summed E-state index contributed by atoms with van der Waals surface area (Å²) in [6.07, 6.45) is 0. The van der Waals surface area contributed by atoms with Crippen LogP contribution in [0.3, 0.4) is 0 Å². The van der Waals surface area contributed by atoms with Crippen LogP contribution in [-0.4, -0.2) is 12.1 Å². The molecule has 0 spiro atoms. The van der Waals surface area contributed by atoms with E-state index in [-0.39, 0.29) is 5.54 Å². The number of benzene rings is 1. The number of nitrogens with one attached hydrogen (secondary N) is 1. The minimum atomic E-state index is -0.107. The molecule has 0 saturated carbocycles. The van der Waals surface area contributed by atoms with Gasteiger partial charge in [0.15, 0.2) is 0 Å². The van der Waals surface area contributed by atoms with Crippen molar-refractivity contribution in [2.24, 2.45) is 0 Å². The van der Waals surface area contributed by atoms with Crippen LogP contribution >= 0.6 is 0 Å². The second-order valence-electron chi connectivity index (χ2n) is 3.77. The van der Waals surface area contributed by atoms with Crippen LogP contribution in [0.5, 0.6) is 0 Å². The lowest BCUT2D eigenvalue weighted by molar-refractivity contribution is 0.509. The van der Waals surface area contributed by atoms with Crippen molar-refractivity contribution in [3.8, 4) is 11.8 Å². The van der Waals surface area contributed by atoms with Gasteiger partial charge < -0.3 is 5.32 Å². The highest BCUT2D eigenvalue weighted by atomic mass is 14.9. The summed E-state index contributed by atoms with van der Waals surface area (Å²) in [7, 11) is 0. The van der Waals surface area contributed by atoms with E-state index in [0.29, 0.717) is 0 Å². The molecular weight excluding hydrogens is 170 g/mol. The normalized spacial score (nSPS) is 10.5. The molecule has 0 unspecified atom stereocenters.